The van der Waals surface area contributed by atoms with Gasteiger partial charge in [-0.05, 0) is 63.1 Å². The summed E-state index contributed by atoms with van der Waals surface area (Å²) in [4.78, 5) is 24.4. The van der Waals surface area contributed by atoms with Crippen LogP contribution >= 0.6 is 11.3 Å². The summed E-state index contributed by atoms with van der Waals surface area (Å²) in [6.07, 6.45) is 1.15. The zero-order chi connectivity index (χ0) is 26.0. The van der Waals surface area contributed by atoms with E-state index in [1.54, 1.807) is 45.2 Å². The molecule has 1 unspecified atom stereocenters. The van der Waals surface area contributed by atoms with Gasteiger partial charge in [-0.2, -0.15) is 13.2 Å². The average molecular weight is 507 g/mol. The fraction of sp³-hybridized carbons (Fsp3) is 0.333. The Morgan fingerprint density at radius 1 is 1.14 bits per heavy atom. The van der Waals surface area contributed by atoms with Crippen molar-refractivity contribution >= 4 is 28.9 Å². The van der Waals surface area contributed by atoms with Gasteiger partial charge >= 0.3 is 12.1 Å². The topological polar surface area (TPSA) is 97.2 Å². The summed E-state index contributed by atoms with van der Waals surface area (Å²) in [6.45, 7) is 6.76. The molecule has 0 bridgehead atoms. The molecule has 7 nitrogen and oxygen atoms in total. The number of anilines is 2. The zero-order valence-corrected chi connectivity index (χ0v) is 20.6. The molecule has 0 radical (unpaired) electrons. The molecular formula is C24H25F3N4O3S. The van der Waals surface area contributed by atoms with E-state index >= 15 is 0 Å². The Balaban J connectivity index is 1.86. The Kier molecular flexibility index (Phi) is 7.32. The largest absolute Gasteiger partial charge is 0.468 e. The monoisotopic (exact) mass is 506 g/mol. The molecule has 3 aromatic rings. The summed E-state index contributed by atoms with van der Waals surface area (Å²) < 4.78 is 43.7. The lowest BCUT2D eigenvalue weighted by Gasteiger charge is -2.20. The van der Waals surface area contributed by atoms with E-state index in [-0.39, 0.29) is 5.95 Å². The maximum absolute atomic E-state index is 13.0. The lowest BCUT2D eigenvalue weighted by Crippen LogP contribution is -2.25. The Morgan fingerprint density at radius 2 is 1.86 bits per heavy atom. The number of aliphatic hydroxyl groups is 1. The summed E-state index contributed by atoms with van der Waals surface area (Å²) in [5.74, 6) is -0.614. The summed E-state index contributed by atoms with van der Waals surface area (Å²) in [5.41, 5.74) is -1.32. The first-order valence-corrected chi connectivity index (χ1v) is 11.3. The number of ether oxygens (including phenoxy) is 1. The normalized spacial score (nSPS) is 14.1. The average Bonchev–Trinajstić information content (AvgIpc) is 3.28. The van der Waals surface area contributed by atoms with Crippen molar-refractivity contribution in [2.75, 3.05) is 12.4 Å². The Bertz CT molecular complexity index is 1250. The SMILES string of the molecule is COC(=O)C(C)(C)/C=C/C(C)(O)c1ncc(-c2cc(C)cc(Nc3nccc(C(F)(F)F)n3)c2)s1. The van der Waals surface area contributed by atoms with Gasteiger partial charge in [0.05, 0.1) is 17.4 Å². The van der Waals surface area contributed by atoms with Crippen LogP contribution in [0.3, 0.4) is 0 Å². The number of carbonyl (C=O) groups excluding carboxylic acids is 1. The number of alkyl halides is 3. The lowest BCUT2D eigenvalue weighted by atomic mass is 9.91. The van der Waals surface area contributed by atoms with Gasteiger partial charge in [-0.1, -0.05) is 12.1 Å². The number of hydrogen-bond donors (Lipinski definition) is 2. The molecule has 0 fully saturated rings. The second-order valence-corrected chi connectivity index (χ2v) is 9.73. The minimum Gasteiger partial charge on any atom is -0.468 e. The van der Waals surface area contributed by atoms with Crippen molar-refractivity contribution in [2.24, 2.45) is 5.41 Å². The number of carbonyl (C=O) groups is 1. The number of halogens is 3. The van der Waals surface area contributed by atoms with Crippen molar-refractivity contribution in [1.82, 2.24) is 15.0 Å². The molecule has 186 valence electrons. The highest BCUT2D eigenvalue weighted by Gasteiger charge is 2.33. The molecule has 0 aliphatic carbocycles. The van der Waals surface area contributed by atoms with E-state index in [9.17, 15) is 23.1 Å². The number of benzene rings is 1. The molecule has 1 aromatic carbocycles. The van der Waals surface area contributed by atoms with Crippen molar-refractivity contribution in [2.45, 2.75) is 39.5 Å². The molecule has 0 aliphatic heterocycles. The number of aryl methyl sites for hydroxylation is 1. The number of nitrogens with one attached hydrogen (secondary N) is 1. The molecule has 0 saturated carbocycles. The van der Waals surface area contributed by atoms with Gasteiger partial charge in [0.15, 0.2) is 0 Å². The fourth-order valence-corrected chi connectivity index (χ4v) is 4.05. The summed E-state index contributed by atoms with van der Waals surface area (Å²) in [5, 5.41) is 14.2. The highest BCUT2D eigenvalue weighted by molar-refractivity contribution is 7.15. The van der Waals surface area contributed by atoms with Crippen molar-refractivity contribution < 1.29 is 27.8 Å². The number of nitrogens with zero attached hydrogens (tertiary/aromatic N) is 3. The van der Waals surface area contributed by atoms with E-state index in [1.165, 1.54) is 24.5 Å². The zero-order valence-electron chi connectivity index (χ0n) is 19.8. The number of esters is 1. The van der Waals surface area contributed by atoms with Crippen LogP contribution in [0.1, 0.15) is 37.0 Å². The van der Waals surface area contributed by atoms with Gasteiger partial charge in [0.2, 0.25) is 5.95 Å². The van der Waals surface area contributed by atoms with Crippen molar-refractivity contribution in [1.29, 1.82) is 0 Å². The lowest BCUT2D eigenvalue weighted by molar-refractivity contribution is -0.148. The molecule has 1 atom stereocenters. The van der Waals surface area contributed by atoms with Crippen molar-refractivity contribution in [3.63, 3.8) is 0 Å². The third-order valence-corrected chi connectivity index (χ3v) is 6.31. The number of methoxy groups -OCH3 is 1. The predicted molar refractivity (Wildman–Crippen MR) is 127 cm³/mol. The molecule has 2 aromatic heterocycles. The van der Waals surface area contributed by atoms with Gasteiger partial charge in [-0.3, -0.25) is 4.79 Å². The predicted octanol–water partition coefficient (Wildman–Crippen LogP) is 5.63. The van der Waals surface area contributed by atoms with Crippen LogP contribution in [-0.4, -0.2) is 33.1 Å². The Morgan fingerprint density at radius 3 is 2.51 bits per heavy atom. The number of rotatable bonds is 7. The molecule has 11 heteroatoms. The van der Waals surface area contributed by atoms with Crippen LogP contribution < -0.4 is 5.32 Å². The molecule has 0 aliphatic rings. The van der Waals surface area contributed by atoms with Gasteiger partial charge in [0.25, 0.3) is 0 Å². The first-order valence-electron chi connectivity index (χ1n) is 10.5. The van der Waals surface area contributed by atoms with Crippen LogP contribution in [0.4, 0.5) is 24.8 Å². The van der Waals surface area contributed by atoms with Crippen LogP contribution in [0.2, 0.25) is 0 Å². The van der Waals surface area contributed by atoms with Crippen LogP contribution in [0, 0.1) is 12.3 Å². The Hall–Kier alpha value is -3.31. The number of hydrogen-bond acceptors (Lipinski definition) is 8. The van der Waals surface area contributed by atoms with Crippen molar-refractivity contribution in [3.8, 4) is 10.4 Å². The highest BCUT2D eigenvalue weighted by Crippen LogP contribution is 2.36. The third-order valence-electron chi connectivity index (χ3n) is 5.04. The van der Waals surface area contributed by atoms with E-state index in [0.29, 0.717) is 10.7 Å². The molecule has 0 saturated heterocycles. The summed E-state index contributed by atoms with van der Waals surface area (Å²) in [7, 11) is 1.30. The first-order chi connectivity index (χ1) is 16.2. The number of thiazole rings is 1. The van der Waals surface area contributed by atoms with Crippen LogP contribution in [0.25, 0.3) is 10.4 Å². The second kappa shape index (κ2) is 9.74. The van der Waals surface area contributed by atoms with Crippen LogP contribution in [0.15, 0.2) is 48.8 Å². The molecule has 0 amide bonds. The Labute approximate surface area is 204 Å². The maximum atomic E-state index is 13.0. The minimum atomic E-state index is -4.58. The number of aromatic nitrogens is 3. The molecule has 3 rings (SSSR count). The molecule has 35 heavy (non-hydrogen) atoms. The molecular weight excluding hydrogens is 481 g/mol. The van der Waals surface area contributed by atoms with Gasteiger partial charge < -0.3 is 15.2 Å². The quantitative estimate of drug-likeness (QED) is 0.316. The van der Waals surface area contributed by atoms with E-state index in [0.717, 1.165) is 28.3 Å². The highest BCUT2D eigenvalue weighted by atomic mass is 32.1. The van der Waals surface area contributed by atoms with Gasteiger partial charge in [0, 0.05) is 18.1 Å². The van der Waals surface area contributed by atoms with E-state index < -0.39 is 28.9 Å². The fourth-order valence-electron chi connectivity index (χ4n) is 3.12. The summed E-state index contributed by atoms with van der Waals surface area (Å²) >= 11 is 1.25. The van der Waals surface area contributed by atoms with Gasteiger partial charge in [-0.15, -0.1) is 11.3 Å². The molecule has 2 N–H and O–H groups in total. The van der Waals surface area contributed by atoms with Crippen LogP contribution in [0.5, 0.6) is 0 Å². The smallest absolute Gasteiger partial charge is 0.433 e. The van der Waals surface area contributed by atoms with Crippen LogP contribution in [-0.2, 0) is 21.3 Å². The van der Waals surface area contributed by atoms with E-state index in [4.69, 9.17) is 4.74 Å². The van der Waals surface area contributed by atoms with Crippen molar-refractivity contribution in [3.05, 3.63) is 65.1 Å². The summed E-state index contributed by atoms with van der Waals surface area (Å²) in [6, 6.07) is 6.18. The standard InChI is InChI=1S/C24H25F3N4O3S/c1-14-10-15(12-16(11-14)30-21-28-9-6-18(31-21)24(25,26)27)17-13-29-19(35-17)23(4,33)8-7-22(2,3)20(32)34-5/h6-13,33H,1-5H3,(H,28,30,31)/b8-7+. The maximum Gasteiger partial charge on any atom is 0.433 e. The molecule has 2 heterocycles. The third kappa shape index (κ3) is 6.43. The van der Waals surface area contributed by atoms with Gasteiger partial charge in [-0.25, -0.2) is 15.0 Å². The molecule has 0 spiro atoms. The minimum absolute atomic E-state index is 0.178. The van der Waals surface area contributed by atoms with E-state index in [2.05, 4.69) is 20.3 Å². The van der Waals surface area contributed by atoms with Gasteiger partial charge in [0.1, 0.15) is 16.3 Å². The van der Waals surface area contributed by atoms with E-state index in [1.807, 2.05) is 13.0 Å². The first kappa shape index (κ1) is 26.3. The second-order valence-electron chi connectivity index (χ2n) is 8.70.